The summed E-state index contributed by atoms with van der Waals surface area (Å²) in [6.45, 7) is 8.73. The molecule has 0 aliphatic carbocycles. The molecule has 3 aromatic rings. The quantitative estimate of drug-likeness (QED) is 0.254. The van der Waals surface area contributed by atoms with E-state index in [0.717, 1.165) is 36.4 Å². The van der Waals surface area contributed by atoms with Gasteiger partial charge in [0.2, 0.25) is 5.88 Å². The highest BCUT2D eigenvalue weighted by atomic mass is 16.5. The van der Waals surface area contributed by atoms with E-state index in [1.54, 1.807) is 13.2 Å². The van der Waals surface area contributed by atoms with Crippen LogP contribution in [0.4, 0.5) is 0 Å². The van der Waals surface area contributed by atoms with Gasteiger partial charge >= 0.3 is 0 Å². The van der Waals surface area contributed by atoms with Crippen molar-refractivity contribution in [2.45, 2.75) is 38.5 Å². The SMILES string of the molecule is C=CCOC[C@@H](O)CN(Cc1c(C)nn(-c2ccccc2)c1Oc1ccccc1OC)C[C@H]1CCCO1. The number of nitrogens with zero attached hydrogens (tertiary/aromatic N) is 3. The van der Waals surface area contributed by atoms with E-state index < -0.39 is 6.10 Å². The Hall–Kier alpha value is -3.17. The number of aliphatic hydroxyl groups excluding tert-OH is 1. The number of aliphatic hydroxyl groups is 1. The Labute approximate surface area is 219 Å². The van der Waals surface area contributed by atoms with Crippen LogP contribution in [0.5, 0.6) is 17.4 Å². The van der Waals surface area contributed by atoms with Gasteiger partial charge in [-0.2, -0.15) is 5.10 Å². The predicted octanol–water partition coefficient (Wildman–Crippen LogP) is 4.53. The lowest BCUT2D eigenvalue weighted by atomic mass is 10.1. The highest BCUT2D eigenvalue weighted by Crippen LogP contribution is 2.36. The molecule has 1 fully saturated rings. The zero-order valence-corrected chi connectivity index (χ0v) is 21.7. The van der Waals surface area contributed by atoms with Crippen LogP contribution in [0, 0.1) is 6.92 Å². The number of aromatic nitrogens is 2. The van der Waals surface area contributed by atoms with Gasteiger partial charge in [0.15, 0.2) is 11.5 Å². The predicted molar refractivity (Wildman–Crippen MR) is 143 cm³/mol. The molecule has 37 heavy (non-hydrogen) atoms. The van der Waals surface area contributed by atoms with Crippen LogP contribution in [-0.4, -0.2) is 72.0 Å². The topological polar surface area (TPSA) is 78.2 Å². The molecule has 0 bridgehead atoms. The van der Waals surface area contributed by atoms with E-state index in [9.17, 15) is 5.11 Å². The number of aryl methyl sites for hydroxylation is 1. The molecule has 2 heterocycles. The number of benzene rings is 2. The molecule has 0 spiro atoms. The van der Waals surface area contributed by atoms with E-state index in [-0.39, 0.29) is 12.7 Å². The maximum atomic E-state index is 10.7. The fourth-order valence-electron chi connectivity index (χ4n) is 4.52. The third-order valence-corrected chi connectivity index (χ3v) is 6.30. The Bertz CT molecular complexity index is 1130. The summed E-state index contributed by atoms with van der Waals surface area (Å²) in [5, 5.41) is 15.6. The van der Waals surface area contributed by atoms with E-state index >= 15 is 0 Å². The molecule has 0 saturated carbocycles. The van der Waals surface area contributed by atoms with Crippen LogP contribution in [0.2, 0.25) is 0 Å². The number of hydrogen-bond acceptors (Lipinski definition) is 7. The Kier molecular flexibility index (Phi) is 9.73. The second kappa shape index (κ2) is 13.4. The maximum absolute atomic E-state index is 10.7. The van der Waals surface area contributed by atoms with Crippen LogP contribution >= 0.6 is 0 Å². The summed E-state index contributed by atoms with van der Waals surface area (Å²) in [5.74, 6) is 1.85. The molecular formula is C29H37N3O5. The lowest BCUT2D eigenvalue weighted by molar-refractivity contribution is 0.00836. The van der Waals surface area contributed by atoms with Gasteiger partial charge in [-0.25, -0.2) is 4.68 Å². The summed E-state index contributed by atoms with van der Waals surface area (Å²) in [6.07, 6.45) is 3.22. The first-order valence-electron chi connectivity index (χ1n) is 12.7. The Morgan fingerprint density at radius 1 is 1.19 bits per heavy atom. The lowest BCUT2D eigenvalue weighted by Gasteiger charge is -2.27. The van der Waals surface area contributed by atoms with Crippen LogP contribution in [0.3, 0.4) is 0 Å². The maximum Gasteiger partial charge on any atom is 0.227 e. The molecule has 1 saturated heterocycles. The Morgan fingerprint density at radius 3 is 2.65 bits per heavy atom. The van der Waals surface area contributed by atoms with Crippen molar-refractivity contribution in [1.82, 2.24) is 14.7 Å². The van der Waals surface area contributed by atoms with Crippen molar-refractivity contribution >= 4 is 0 Å². The molecule has 2 atom stereocenters. The van der Waals surface area contributed by atoms with Gasteiger partial charge in [-0.1, -0.05) is 36.4 Å². The normalized spacial score (nSPS) is 16.2. The Morgan fingerprint density at radius 2 is 1.95 bits per heavy atom. The highest BCUT2D eigenvalue weighted by Gasteiger charge is 2.26. The van der Waals surface area contributed by atoms with Gasteiger partial charge in [0.25, 0.3) is 0 Å². The number of rotatable bonds is 14. The monoisotopic (exact) mass is 507 g/mol. The van der Waals surface area contributed by atoms with Crippen molar-refractivity contribution in [3.05, 3.63) is 78.5 Å². The first kappa shape index (κ1) is 26.9. The second-order valence-corrected chi connectivity index (χ2v) is 9.18. The van der Waals surface area contributed by atoms with Crippen LogP contribution < -0.4 is 9.47 Å². The van der Waals surface area contributed by atoms with Crippen molar-refractivity contribution in [3.8, 4) is 23.1 Å². The lowest BCUT2D eigenvalue weighted by Crippen LogP contribution is -2.39. The van der Waals surface area contributed by atoms with Crippen molar-refractivity contribution in [2.24, 2.45) is 0 Å². The minimum atomic E-state index is -0.649. The highest BCUT2D eigenvalue weighted by molar-refractivity contribution is 5.47. The van der Waals surface area contributed by atoms with Crippen molar-refractivity contribution in [1.29, 1.82) is 0 Å². The van der Waals surface area contributed by atoms with E-state index in [4.69, 9.17) is 24.0 Å². The number of hydrogen-bond donors (Lipinski definition) is 1. The molecule has 0 amide bonds. The average molecular weight is 508 g/mol. The molecule has 8 heteroatoms. The third-order valence-electron chi connectivity index (χ3n) is 6.30. The second-order valence-electron chi connectivity index (χ2n) is 9.18. The van der Waals surface area contributed by atoms with E-state index in [2.05, 4.69) is 11.5 Å². The minimum Gasteiger partial charge on any atom is -0.493 e. The van der Waals surface area contributed by atoms with Gasteiger partial charge in [-0.3, -0.25) is 4.90 Å². The summed E-state index contributed by atoms with van der Waals surface area (Å²) in [6, 6.07) is 17.5. The third kappa shape index (κ3) is 7.20. The number of methoxy groups -OCH3 is 1. The molecule has 1 aliphatic rings. The summed E-state index contributed by atoms with van der Waals surface area (Å²) in [4.78, 5) is 2.20. The van der Waals surface area contributed by atoms with Crippen LogP contribution in [0.1, 0.15) is 24.1 Å². The molecular weight excluding hydrogens is 470 g/mol. The van der Waals surface area contributed by atoms with Gasteiger partial charge < -0.3 is 24.1 Å². The zero-order valence-electron chi connectivity index (χ0n) is 21.7. The Balaban J connectivity index is 1.66. The molecule has 4 rings (SSSR count). The van der Waals surface area contributed by atoms with Crippen LogP contribution in [-0.2, 0) is 16.0 Å². The van der Waals surface area contributed by atoms with Gasteiger partial charge in [-0.15, -0.1) is 6.58 Å². The number of para-hydroxylation sites is 3. The van der Waals surface area contributed by atoms with Crippen molar-refractivity contribution in [3.63, 3.8) is 0 Å². The zero-order chi connectivity index (χ0) is 26.0. The molecule has 1 N–H and O–H groups in total. The molecule has 1 aromatic heterocycles. The van der Waals surface area contributed by atoms with Gasteiger partial charge in [0, 0.05) is 26.2 Å². The summed E-state index contributed by atoms with van der Waals surface area (Å²) >= 11 is 0. The van der Waals surface area contributed by atoms with Crippen molar-refractivity contribution in [2.75, 3.05) is 40.0 Å². The molecule has 8 nitrogen and oxygen atoms in total. The van der Waals surface area contributed by atoms with Crippen LogP contribution in [0.15, 0.2) is 67.3 Å². The van der Waals surface area contributed by atoms with Gasteiger partial charge in [-0.05, 0) is 44.0 Å². The van der Waals surface area contributed by atoms with Gasteiger partial charge in [0.1, 0.15) is 0 Å². The van der Waals surface area contributed by atoms with E-state index in [1.165, 1.54) is 0 Å². The summed E-state index contributed by atoms with van der Waals surface area (Å²) in [7, 11) is 1.63. The first-order chi connectivity index (χ1) is 18.1. The van der Waals surface area contributed by atoms with E-state index in [1.807, 2.05) is 66.2 Å². The average Bonchev–Trinajstić information content (AvgIpc) is 3.53. The van der Waals surface area contributed by atoms with Gasteiger partial charge in [0.05, 0.1) is 49.5 Å². The molecule has 2 aromatic carbocycles. The van der Waals surface area contributed by atoms with Crippen LogP contribution in [0.25, 0.3) is 5.69 Å². The molecule has 1 aliphatic heterocycles. The summed E-state index contributed by atoms with van der Waals surface area (Å²) in [5.41, 5.74) is 2.68. The van der Waals surface area contributed by atoms with Crippen molar-refractivity contribution < 1.29 is 24.1 Å². The smallest absolute Gasteiger partial charge is 0.227 e. The molecule has 198 valence electrons. The first-order valence-corrected chi connectivity index (χ1v) is 12.7. The number of ether oxygens (including phenoxy) is 4. The molecule has 0 unspecified atom stereocenters. The summed E-state index contributed by atoms with van der Waals surface area (Å²) < 4.78 is 25.3. The fraction of sp³-hybridized carbons (Fsp3) is 0.414. The minimum absolute atomic E-state index is 0.129. The fourth-order valence-corrected chi connectivity index (χ4v) is 4.52. The molecule has 0 radical (unpaired) electrons. The van der Waals surface area contributed by atoms with E-state index in [0.29, 0.717) is 43.6 Å². The largest absolute Gasteiger partial charge is 0.493 e. The standard InChI is InChI=1S/C29H37N3O5/c1-4-16-35-21-24(33)18-31(19-25-13-10-17-36-25)20-26-22(2)30-32(23-11-6-5-7-12-23)29(26)37-28-15-9-8-14-27(28)34-3/h4-9,11-12,14-15,24-25,33H,1,10,13,16-21H2,2-3H3/t24-,25+/m0/s1.